The molecule has 0 saturated heterocycles. The zero-order valence-electron chi connectivity index (χ0n) is 5.20. The van der Waals surface area contributed by atoms with E-state index in [0.717, 1.165) is 6.42 Å². The fourth-order valence-electron chi connectivity index (χ4n) is 0.326. The molecule has 1 N–H and O–H groups in total. The van der Waals surface area contributed by atoms with E-state index < -0.39 is 0 Å². The molecule has 0 aliphatic rings. The molecule has 0 aromatic heterocycles. The first-order valence-electron chi connectivity index (χ1n) is 2.70. The molecule has 50 valence electrons. The van der Waals surface area contributed by atoms with Crippen LogP contribution in [0.5, 0.6) is 0 Å². The van der Waals surface area contributed by atoms with Crippen molar-refractivity contribution >= 4 is 28.5 Å². The Bertz CT molecular complexity index is 145. The summed E-state index contributed by atoms with van der Waals surface area (Å²) in [6.07, 6.45) is 0.953. The highest BCUT2D eigenvalue weighted by molar-refractivity contribution is 14.1. The third-order valence-corrected chi connectivity index (χ3v) is 0.966. The van der Waals surface area contributed by atoms with E-state index in [9.17, 15) is 4.79 Å². The molecule has 0 atom stereocenters. The number of carbonyl (C=O) groups is 1. The molecular weight excluding hydrogens is 229 g/mol. The number of hydrogen-bond donors (Lipinski definition) is 1. The molecule has 0 aromatic carbocycles. The van der Waals surface area contributed by atoms with Gasteiger partial charge in [-0.3, -0.25) is 4.79 Å². The quantitative estimate of drug-likeness (QED) is 0.561. The number of rotatable bonds is 2. The van der Waals surface area contributed by atoms with Crippen LogP contribution in [-0.2, 0) is 4.79 Å². The highest BCUT2D eigenvalue weighted by atomic mass is 127. The van der Waals surface area contributed by atoms with Gasteiger partial charge in [0.2, 0.25) is 0 Å². The number of carbonyl (C=O) groups excluding carboxylic acids is 1. The standard InChI is InChI=1S/C6H8INO/c1-2-5-8-6(9)3-4-7/h2,5H2,1H3,(H,8,9). The number of nitrogens with one attached hydrogen (secondary N) is 1. The predicted molar refractivity (Wildman–Crippen MR) is 45.1 cm³/mol. The molecule has 0 radical (unpaired) electrons. The van der Waals surface area contributed by atoms with Crippen LogP contribution in [-0.4, -0.2) is 12.5 Å². The summed E-state index contributed by atoms with van der Waals surface area (Å²) in [4.78, 5) is 10.5. The highest BCUT2D eigenvalue weighted by Crippen LogP contribution is 1.72. The summed E-state index contributed by atoms with van der Waals surface area (Å²) in [5.74, 6) is 2.18. The van der Waals surface area contributed by atoms with E-state index in [2.05, 4.69) is 15.2 Å². The zero-order chi connectivity index (χ0) is 7.11. The minimum atomic E-state index is -0.189. The van der Waals surface area contributed by atoms with Gasteiger partial charge in [-0.1, -0.05) is 6.92 Å². The minimum Gasteiger partial charge on any atom is -0.345 e. The molecule has 0 spiro atoms. The van der Waals surface area contributed by atoms with Gasteiger partial charge in [-0.05, 0) is 10.3 Å². The second kappa shape index (κ2) is 5.89. The van der Waals surface area contributed by atoms with Crippen molar-refractivity contribution in [1.29, 1.82) is 0 Å². The second-order valence-corrected chi connectivity index (χ2v) is 2.01. The van der Waals surface area contributed by atoms with Crippen molar-refractivity contribution in [3.63, 3.8) is 0 Å². The molecule has 0 fully saturated rings. The van der Waals surface area contributed by atoms with Crippen LogP contribution in [0, 0.1) is 9.85 Å². The fourth-order valence-corrected chi connectivity index (χ4v) is 0.571. The lowest BCUT2D eigenvalue weighted by atomic mass is 10.5. The molecule has 2 nitrogen and oxygen atoms in total. The van der Waals surface area contributed by atoms with Crippen LogP contribution in [0.1, 0.15) is 13.3 Å². The molecule has 0 aromatic rings. The molecule has 9 heavy (non-hydrogen) atoms. The van der Waals surface area contributed by atoms with E-state index >= 15 is 0 Å². The van der Waals surface area contributed by atoms with Crippen molar-refractivity contribution in [2.24, 2.45) is 0 Å². The summed E-state index contributed by atoms with van der Waals surface area (Å²) in [5, 5.41) is 2.62. The lowest BCUT2D eigenvalue weighted by Gasteiger charge is -1.93. The molecule has 0 bridgehead atoms. The van der Waals surface area contributed by atoms with Crippen LogP contribution in [0.2, 0.25) is 0 Å². The number of halogens is 1. The average molecular weight is 237 g/mol. The Labute approximate surface area is 68.5 Å². The van der Waals surface area contributed by atoms with Crippen molar-refractivity contribution in [3.05, 3.63) is 0 Å². The Morgan fingerprint density at radius 2 is 2.44 bits per heavy atom. The summed E-state index contributed by atoms with van der Waals surface area (Å²) < 4.78 is 2.48. The van der Waals surface area contributed by atoms with Crippen LogP contribution in [0.15, 0.2) is 0 Å². The summed E-state index contributed by atoms with van der Waals surface area (Å²) in [6.45, 7) is 2.71. The van der Waals surface area contributed by atoms with Gasteiger partial charge in [0.25, 0.3) is 5.91 Å². The molecule has 3 heteroatoms. The molecule has 0 unspecified atom stereocenters. The molecule has 0 heterocycles. The Morgan fingerprint density at radius 1 is 1.78 bits per heavy atom. The summed E-state index contributed by atoms with van der Waals surface area (Å²) in [6, 6.07) is 0. The van der Waals surface area contributed by atoms with E-state index in [1.165, 1.54) is 0 Å². The molecule has 0 rings (SSSR count). The molecular formula is C6H8INO. The van der Waals surface area contributed by atoms with Gasteiger partial charge < -0.3 is 5.32 Å². The summed E-state index contributed by atoms with van der Waals surface area (Å²) >= 11 is 1.83. The van der Waals surface area contributed by atoms with Crippen molar-refractivity contribution in [2.45, 2.75) is 13.3 Å². The van der Waals surface area contributed by atoms with Gasteiger partial charge in [0.15, 0.2) is 0 Å². The van der Waals surface area contributed by atoms with Crippen LogP contribution in [0.3, 0.4) is 0 Å². The first kappa shape index (κ1) is 8.76. The SMILES string of the molecule is CCCNC(=O)C#CI. The zero-order valence-corrected chi connectivity index (χ0v) is 7.36. The van der Waals surface area contributed by atoms with Crippen molar-refractivity contribution in [1.82, 2.24) is 5.32 Å². The van der Waals surface area contributed by atoms with Gasteiger partial charge in [-0.25, -0.2) is 0 Å². The average Bonchev–Trinajstić information content (AvgIpc) is 1.85. The Kier molecular flexibility index (Phi) is 5.73. The summed E-state index contributed by atoms with van der Waals surface area (Å²) in [5.41, 5.74) is 0. The van der Waals surface area contributed by atoms with Gasteiger partial charge in [0, 0.05) is 35.1 Å². The smallest absolute Gasteiger partial charge is 0.296 e. The lowest BCUT2D eigenvalue weighted by Crippen LogP contribution is -2.21. The largest absolute Gasteiger partial charge is 0.345 e. The van der Waals surface area contributed by atoms with Gasteiger partial charge in [0.1, 0.15) is 0 Å². The van der Waals surface area contributed by atoms with E-state index in [1.54, 1.807) is 0 Å². The maximum absolute atomic E-state index is 10.5. The number of hydrogen-bond acceptors (Lipinski definition) is 1. The Hall–Kier alpha value is -0.240. The molecule has 0 aliphatic heterocycles. The number of amides is 1. The Morgan fingerprint density at radius 3 is 2.89 bits per heavy atom. The summed E-state index contributed by atoms with van der Waals surface area (Å²) in [7, 11) is 0. The first-order valence-corrected chi connectivity index (χ1v) is 3.78. The van der Waals surface area contributed by atoms with E-state index in [4.69, 9.17) is 0 Å². The fraction of sp³-hybridized carbons (Fsp3) is 0.500. The van der Waals surface area contributed by atoms with Gasteiger partial charge in [-0.2, -0.15) is 0 Å². The third-order valence-electron chi connectivity index (χ3n) is 0.696. The van der Waals surface area contributed by atoms with Crippen LogP contribution in [0.4, 0.5) is 0 Å². The van der Waals surface area contributed by atoms with Crippen molar-refractivity contribution < 1.29 is 4.79 Å². The first-order chi connectivity index (χ1) is 4.31. The molecule has 1 amide bonds. The van der Waals surface area contributed by atoms with Gasteiger partial charge in [-0.15, -0.1) is 0 Å². The highest BCUT2D eigenvalue weighted by Gasteiger charge is 1.88. The van der Waals surface area contributed by atoms with Crippen LogP contribution in [0.25, 0.3) is 0 Å². The van der Waals surface area contributed by atoms with Gasteiger partial charge >= 0.3 is 0 Å². The van der Waals surface area contributed by atoms with E-state index in [-0.39, 0.29) is 5.91 Å². The maximum Gasteiger partial charge on any atom is 0.296 e. The van der Waals surface area contributed by atoms with Crippen LogP contribution >= 0.6 is 22.6 Å². The third kappa shape index (κ3) is 5.63. The van der Waals surface area contributed by atoms with Crippen molar-refractivity contribution in [2.75, 3.05) is 6.54 Å². The Balaban J connectivity index is 3.35. The normalized spacial score (nSPS) is 7.33. The van der Waals surface area contributed by atoms with Crippen LogP contribution < -0.4 is 5.32 Å². The minimum absolute atomic E-state index is 0.189. The van der Waals surface area contributed by atoms with Crippen molar-refractivity contribution in [3.8, 4) is 9.85 Å². The molecule has 0 saturated carbocycles. The predicted octanol–water partition coefficient (Wildman–Crippen LogP) is 0.909. The van der Waals surface area contributed by atoms with E-state index in [1.807, 2.05) is 29.5 Å². The molecule has 0 aliphatic carbocycles. The lowest BCUT2D eigenvalue weighted by molar-refractivity contribution is -0.115. The second-order valence-electron chi connectivity index (χ2n) is 1.48. The topological polar surface area (TPSA) is 29.1 Å². The maximum atomic E-state index is 10.5. The monoisotopic (exact) mass is 237 g/mol. The van der Waals surface area contributed by atoms with Gasteiger partial charge in [0.05, 0.1) is 0 Å². The van der Waals surface area contributed by atoms with E-state index in [0.29, 0.717) is 6.54 Å².